The Morgan fingerprint density at radius 2 is 2.00 bits per heavy atom. The minimum absolute atomic E-state index is 0.234. The van der Waals surface area contributed by atoms with Crippen LogP contribution in [0.1, 0.15) is 53.9 Å². The van der Waals surface area contributed by atoms with E-state index in [1.807, 2.05) is 20.8 Å². The highest BCUT2D eigenvalue weighted by Crippen LogP contribution is 2.37. The Morgan fingerprint density at radius 1 is 1.39 bits per heavy atom. The fourth-order valence-corrected chi connectivity index (χ4v) is 2.45. The average Bonchev–Trinajstić information content (AvgIpc) is 2.30. The van der Waals surface area contributed by atoms with Crippen molar-refractivity contribution in [1.29, 1.82) is 0 Å². The predicted octanol–water partition coefficient (Wildman–Crippen LogP) is 3.07. The maximum absolute atomic E-state index is 11.8. The molecule has 104 valence electrons. The van der Waals surface area contributed by atoms with Gasteiger partial charge in [-0.2, -0.15) is 0 Å². The fourth-order valence-electron chi connectivity index (χ4n) is 2.45. The van der Waals surface area contributed by atoms with Crippen molar-refractivity contribution in [3.63, 3.8) is 0 Å². The molecule has 0 heterocycles. The second-order valence-corrected chi connectivity index (χ2v) is 6.02. The Bertz CT molecular complexity index is 331. The van der Waals surface area contributed by atoms with Crippen LogP contribution in [0.4, 0.5) is 0 Å². The van der Waals surface area contributed by atoms with Crippen molar-refractivity contribution in [3.05, 3.63) is 11.6 Å². The van der Waals surface area contributed by atoms with Crippen molar-refractivity contribution in [2.75, 3.05) is 0 Å². The van der Waals surface area contributed by atoms with Crippen molar-refractivity contribution < 1.29 is 14.6 Å². The zero-order chi connectivity index (χ0) is 13.9. The molecule has 3 heteroatoms. The van der Waals surface area contributed by atoms with Gasteiger partial charge in [-0.3, -0.25) is 0 Å². The number of aliphatic hydroxyl groups excluding tert-OH is 1. The van der Waals surface area contributed by atoms with Crippen LogP contribution in [-0.2, 0) is 9.53 Å². The topological polar surface area (TPSA) is 46.5 Å². The molecular weight excluding hydrogens is 228 g/mol. The molecule has 18 heavy (non-hydrogen) atoms. The molecule has 1 rings (SSSR count). The minimum Gasteiger partial charge on any atom is -0.456 e. The second-order valence-electron chi connectivity index (χ2n) is 6.02. The molecule has 1 fully saturated rings. The lowest BCUT2D eigenvalue weighted by Gasteiger charge is -2.40. The molecule has 1 saturated carbocycles. The van der Waals surface area contributed by atoms with Gasteiger partial charge in [-0.15, -0.1) is 0 Å². The van der Waals surface area contributed by atoms with Crippen LogP contribution >= 0.6 is 0 Å². The summed E-state index contributed by atoms with van der Waals surface area (Å²) in [6.45, 7) is 9.55. The lowest BCUT2D eigenvalue weighted by atomic mass is 9.74. The summed E-state index contributed by atoms with van der Waals surface area (Å²) in [4.78, 5) is 11.8. The molecule has 0 spiro atoms. The largest absolute Gasteiger partial charge is 0.456 e. The quantitative estimate of drug-likeness (QED) is 0.622. The Hall–Kier alpha value is -0.830. The third-order valence-electron chi connectivity index (χ3n) is 4.25. The van der Waals surface area contributed by atoms with Crippen LogP contribution in [0.3, 0.4) is 0 Å². The molecule has 3 nitrogen and oxygen atoms in total. The molecule has 3 unspecified atom stereocenters. The van der Waals surface area contributed by atoms with E-state index in [0.29, 0.717) is 11.5 Å². The van der Waals surface area contributed by atoms with Crippen molar-refractivity contribution in [3.8, 4) is 0 Å². The van der Waals surface area contributed by atoms with Gasteiger partial charge in [-0.1, -0.05) is 13.0 Å². The van der Waals surface area contributed by atoms with E-state index in [9.17, 15) is 9.90 Å². The maximum Gasteiger partial charge on any atom is 0.333 e. The van der Waals surface area contributed by atoms with E-state index < -0.39 is 5.60 Å². The summed E-state index contributed by atoms with van der Waals surface area (Å²) in [5.74, 6) is 0.331. The Balaban J connectivity index is 2.66. The van der Waals surface area contributed by atoms with Gasteiger partial charge in [0.25, 0.3) is 0 Å². The molecule has 0 aromatic carbocycles. The number of carbonyl (C=O) groups is 1. The van der Waals surface area contributed by atoms with Crippen molar-refractivity contribution >= 4 is 5.97 Å². The van der Waals surface area contributed by atoms with E-state index in [4.69, 9.17) is 4.74 Å². The minimum atomic E-state index is -0.511. The zero-order valence-corrected chi connectivity index (χ0v) is 12.2. The van der Waals surface area contributed by atoms with Crippen molar-refractivity contribution in [2.24, 2.45) is 11.8 Å². The molecule has 3 atom stereocenters. The van der Waals surface area contributed by atoms with Crippen LogP contribution in [0.25, 0.3) is 0 Å². The number of carbonyl (C=O) groups excluding carboxylic acids is 1. The molecule has 0 radical (unpaired) electrons. The van der Waals surface area contributed by atoms with Crippen molar-refractivity contribution in [2.45, 2.75) is 65.6 Å². The Morgan fingerprint density at radius 3 is 2.50 bits per heavy atom. The van der Waals surface area contributed by atoms with Gasteiger partial charge in [0.05, 0.1) is 6.10 Å². The summed E-state index contributed by atoms with van der Waals surface area (Å²) in [5, 5.41) is 9.95. The highest BCUT2D eigenvalue weighted by Gasteiger charge is 2.38. The highest BCUT2D eigenvalue weighted by atomic mass is 16.6. The first-order chi connectivity index (χ1) is 8.27. The number of esters is 1. The van der Waals surface area contributed by atoms with Gasteiger partial charge in [0, 0.05) is 11.5 Å². The van der Waals surface area contributed by atoms with E-state index in [1.54, 1.807) is 13.0 Å². The first-order valence-electron chi connectivity index (χ1n) is 6.82. The normalized spacial score (nSPS) is 30.1. The van der Waals surface area contributed by atoms with Crippen LogP contribution in [-0.4, -0.2) is 22.8 Å². The summed E-state index contributed by atoms with van der Waals surface area (Å²) >= 11 is 0. The molecule has 0 amide bonds. The van der Waals surface area contributed by atoms with Gasteiger partial charge >= 0.3 is 5.97 Å². The number of hydrogen-bond acceptors (Lipinski definition) is 3. The van der Waals surface area contributed by atoms with E-state index >= 15 is 0 Å². The van der Waals surface area contributed by atoms with Gasteiger partial charge in [-0.25, -0.2) is 4.79 Å². The molecule has 1 N–H and O–H groups in total. The highest BCUT2D eigenvalue weighted by molar-refractivity contribution is 5.87. The number of ether oxygens (including phenoxy) is 1. The summed E-state index contributed by atoms with van der Waals surface area (Å²) in [6.07, 6.45) is 4.21. The Kier molecular flexibility index (Phi) is 4.97. The van der Waals surface area contributed by atoms with Gasteiger partial charge in [-0.05, 0) is 52.9 Å². The van der Waals surface area contributed by atoms with E-state index in [0.717, 1.165) is 19.3 Å². The van der Waals surface area contributed by atoms with E-state index in [1.165, 1.54) is 0 Å². The molecular formula is C15H26O3. The standard InChI is InChI=1S/C15H26O3/c1-6-10(2)14(17)18-15(4,5)12-8-7-11(3)13(16)9-12/h6,11-13,16H,7-9H2,1-5H3. The SMILES string of the molecule is CC=C(C)C(=O)OC(C)(C)C1CCC(C)C(O)C1. The second kappa shape index (κ2) is 5.87. The third kappa shape index (κ3) is 3.58. The smallest absolute Gasteiger partial charge is 0.333 e. The fraction of sp³-hybridized carbons (Fsp3) is 0.800. The molecule has 0 aromatic rings. The lowest BCUT2D eigenvalue weighted by molar-refractivity contribution is -0.160. The van der Waals surface area contributed by atoms with Crippen LogP contribution in [0.15, 0.2) is 11.6 Å². The molecule has 1 aliphatic carbocycles. The zero-order valence-electron chi connectivity index (χ0n) is 12.2. The van der Waals surface area contributed by atoms with Gasteiger partial charge in [0.1, 0.15) is 5.60 Å². The molecule has 1 aliphatic rings. The van der Waals surface area contributed by atoms with E-state index in [-0.39, 0.29) is 18.0 Å². The first kappa shape index (κ1) is 15.2. The predicted molar refractivity (Wildman–Crippen MR) is 72.1 cm³/mol. The molecule has 0 aliphatic heterocycles. The van der Waals surface area contributed by atoms with Gasteiger partial charge < -0.3 is 9.84 Å². The number of aliphatic hydroxyl groups is 1. The van der Waals surface area contributed by atoms with Crippen LogP contribution in [0.5, 0.6) is 0 Å². The number of allylic oxidation sites excluding steroid dienone is 1. The first-order valence-corrected chi connectivity index (χ1v) is 6.82. The monoisotopic (exact) mass is 254 g/mol. The van der Waals surface area contributed by atoms with Gasteiger partial charge in [0.15, 0.2) is 0 Å². The number of rotatable bonds is 3. The summed E-state index contributed by atoms with van der Waals surface area (Å²) < 4.78 is 5.60. The molecule has 0 aromatic heterocycles. The molecule has 0 saturated heterocycles. The van der Waals surface area contributed by atoms with Crippen molar-refractivity contribution in [1.82, 2.24) is 0 Å². The summed E-state index contributed by atoms with van der Waals surface area (Å²) in [7, 11) is 0. The summed E-state index contributed by atoms with van der Waals surface area (Å²) in [5.41, 5.74) is 0.121. The maximum atomic E-state index is 11.8. The summed E-state index contributed by atoms with van der Waals surface area (Å²) in [6, 6.07) is 0. The average molecular weight is 254 g/mol. The van der Waals surface area contributed by atoms with E-state index in [2.05, 4.69) is 6.92 Å². The van der Waals surface area contributed by atoms with Gasteiger partial charge in [0.2, 0.25) is 0 Å². The number of hydrogen-bond donors (Lipinski definition) is 1. The molecule has 0 bridgehead atoms. The lowest BCUT2D eigenvalue weighted by Crippen LogP contribution is -2.42. The van der Waals surface area contributed by atoms with Crippen LogP contribution in [0, 0.1) is 11.8 Å². The third-order valence-corrected chi connectivity index (χ3v) is 4.25. The van der Waals surface area contributed by atoms with Crippen LogP contribution < -0.4 is 0 Å². The van der Waals surface area contributed by atoms with Crippen LogP contribution in [0.2, 0.25) is 0 Å². The Labute approximate surface area is 110 Å².